The van der Waals surface area contributed by atoms with Gasteiger partial charge in [-0.15, -0.1) is 0 Å². The standard InChI is InChI=1S/C16H26O3/c1-4-14(17)10-13-8-7-9-15(11-13)19-12-16(18,5-2)6-3/h7-9,11,14,17-18H,4-6,10,12H2,1-3H3/t14-/m0/s1. The summed E-state index contributed by atoms with van der Waals surface area (Å²) in [5.41, 5.74) is 0.308. The second-order valence-electron chi connectivity index (χ2n) is 5.13. The normalized spacial score (nSPS) is 13.3. The summed E-state index contributed by atoms with van der Waals surface area (Å²) in [4.78, 5) is 0. The molecule has 0 aliphatic carbocycles. The van der Waals surface area contributed by atoms with E-state index in [0.29, 0.717) is 25.9 Å². The average molecular weight is 266 g/mol. The summed E-state index contributed by atoms with van der Waals surface area (Å²) in [6, 6.07) is 7.72. The van der Waals surface area contributed by atoms with E-state index >= 15 is 0 Å². The van der Waals surface area contributed by atoms with Gasteiger partial charge in [0.1, 0.15) is 12.4 Å². The Balaban J connectivity index is 2.62. The van der Waals surface area contributed by atoms with Crippen LogP contribution in [0.3, 0.4) is 0 Å². The van der Waals surface area contributed by atoms with E-state index in [2.05, 4.69) is 0 Å². The van der Waals surface area contributed by atoms with Gasteiger partial charge in [0.05, 0.1) is 11.7 Å². The highest BCUT2D eigenvalue weighted by molar-refractivity contribution is 5.29. The van der Waals surface area contributed by atoms with Crippen LogP contribution in [0.1, 0.15) is 45.6 Å². The molecule has 0 heterocycles. The Morgan fingerprint density at radius 1 is 1.21 bits per heavy atom. The monoisotopic (exact) mass is 266 g/mol. The molecule has 1 aromatic carbocycles. The topological polar surface area (TPSA) is 49.7 Å². The number of ether oxygens (including phenoxy) is 1. The average Bonchev–Trinajstić information content (AvgIpc) is 2.45. The Hall–Kier alpha value is -1.06. The zero-order chi connectivity index (χ0) is 14.3. The van der Waals surface area contributed by atoms with Crippen molar-refractivity contribution in [3.05, 3.63) is 29.8 Å². The summed E-state index contributed by atoms with van der Waals surface area (Å²) in [5.74, 6) is 0.751. The summed E-state index contributed by atoms with van der Waals surface area (Å²) in [7, 11) is 0. The van der Waals surface area contributed by atoms with Crippen LogP contribution in [0.15, 0.2) is 24.3 Å². The summed E-state index contributed by atoms with van der Waals surface area (Å²) >= 11 is 0. The molecule has 0 spiro atoms. The number of hydrogen-bond acceptors (Lipinski definition) is 3. The number of benzene rings is 1. The molecule has 2 N–H and O–H groups in total. The molecule has 1 aromatic rings. The van der Waals surface area contributed by atoms with Crippen molar-refractivity contribution in [2.45, 2.75) is 58.2 Å². The molecule has 0 amide bonds. The number of aliphatic hydroxyl groups excluding tert-OH is 1. The fourth-order valence-corrected chi connectivity index (χ4v) is 1.85. The van der Waals surface area contributed by atoms with E-state index in [-0.39, 0.29) is 6.10 Å². The van der Waals surface area contributed by atoms with Crippen LogP contribution in [0.4, 0.5) is 0 Å². The first-order valence-corrected chi connectivity index (χ1v) is 7.15. The molecule has 0 bridgehead atoms. The molecule has 0 fully saturated rings. The van der Waals surface area contributed by atoms with E-state index in [9.17, 15) is 10.2 Å². The van der Waals surface area contributed by atoms with E-state index in [1.165, 1.54) is 0 Å². The Morgan fingerprint density at radius 3 is 2.47 bits per heavy atom. The van der Waals surface area contributed by atoms with Crippen molar-refractivity contribution in [1.82, 2.24) is 0 Å². The van der Waals surface area contributed by atoms with Crippen molar-refractivity contribution in [3.63, 3.8) is 0 Å². The molecule has 0 saturated carbocycles. The highest BCUT2D eigenvalue weighted by atomic mass is 16.5. The SMILES string of the molecule is CC[C@H](O)Cc1cccc(OCC(O)(CC)CC)c1. The van der Waals surface area contributed by atoms with Crippen molar-refractivity contribution in [2.24, 2.45) is 0 Å². The minimum absolute atomic E-state index is 0.305. The fraction of sp³-hybridized carbons (Fsp3) is 0.625. The largest absolute Gasteiger partial charge is 0.491 e. The van der Waals surface area contributed by atoms with Crippen LogP contribution >= 0.6 is 0 Å². The fourth-order valence-electron chi connectivity index (χ4n) is 1.85. The molecule has 0 unspecified atom stereocenters. The van der Waals surface area contributed by atoms with E-state index in [1.807, 2.05) is 45.0 Å². The molecule has 1 rings (SSSR count). The maximum absolute atomic E-state index is 10.2. The van der Waals surface area contributed by atoms with Gasteiger partial charge in [-0.05, 0) is 43.4 Å². The van der Waals surface area contributed by atoms with Crippen LogP contribution in [0.2, 0.25) is 0 Å². The molecule has 0 aliphatic rings. The molecule has 3 heteroatoms. The third kappa shape index (κ3) is 5.21. The van der Waals surface area contributed by atoms with Gasteiger partial charge in [-0.1, -0.05) is 32.9 Å². The Morgan fingerprint density at radius 2 is 1.89 bits per heavy atom. The van der Waals surface area contributed by atoms with Crippen LogP contribution in [-0.4, -0.2) is 28.5 Å². The van der Waals surface area contributed by atoms with Gasteiger partial charge in [0.25, 0.3) is 0 Å². The maximum Gasteiger partial charge on any atom is 0.119 e. The Bertz CT molecular complexity index is 372. The second kappa shape index (κ2) is 7.51. The lowest BCUT2D eigenvalue weighted by molar-refractivity contribution is -0.0113. The molecule has 0 aliphatic heterocycles. The molecule has 1 atom stereocenters. The maximum atomic E-state index is 10.2. The number of rotatable bonds is 8. The van der Waals surface area contributed by atoms with Gasteiger partial charge in [-0.25, -0.2) is 0 Å². The highest BCUT2D eigenvalue weighted by Crippen LogP contribution is 2.20. The Kier molecular flexibility index (Phi) is 6.32. The second-order valence-corrected chi connectivity index (χ2v) is 5.13. The molecule has 19 heavy (non-hydrogen) atoms. The van der Waals surface area contributed by atoms with Crippen molar-refractivity contribution in [2.75, 3.05) is 6.61 Å². The van der Waals surface area contributed by atoms with Crippen LogP contribution in [-0.2, 0) is 6.42 Å². The first kappa shape index (κ1) is 16.0. The zero-order valence-electron chi connectivity index (χ0n) is 12.2. The van der Waals surface area contributed by atoms with E-state index in [0.717, 1.165) is 17.7 Å². The molecular weight excluding hydrogens is 240 g/mol. The van der Waals surface area contributed by atoms with Gasteiger partial charge in [-0.2, -0.15) is 0 Å². The highest BCUT2D eigenvalue weighted by Gasteiger charge is 2.23. The predicted octanol–water partition coefficient (Wildman–Crippen LogP) is 2.93. The van der Waals surface area contributed by atoms with Crippen molar-refractivity contribution in [3.8, 4) is 5.75 Å². The van der Waals surface area contributed by atoms with Gasteiger partial charge in [0.2, 0.25) is 0 Å². The molecule has 0 aromatic heterocycles. The number of hydrogen-bond donors (Lipinski definition) is 2. The minimum Gasteiger partial charge on any atom is -0.491 e. The van der Waals surface area contributed by atoms with Crippen LogP contribution in [0.25, 0.3) is 0 Å². The first-order chi connectivity index (χ1) is 9.03. The van der Waals surface area contributed by atoms with Gasteiger partial charge in [0, 0.05) is 0 Å². The molecule has 3 nitrogen and oxygen atoms in total. The summed E-state index contributed by atoms with van der Waals surface area (Å²) in [6.07, 6.45) is 2.43. The predicted molar refractivity (Wildman–Crippen MR) is 77.5 cm³/mol. The summed E-state index contributed by atoms with van der Waals surface area (Å²) < 4.78 is 5.68. The van der Waals surface area contributed by atoms with Crippen molar-refractivity contribution >= 4 is 0 Å². The van der Waals surface area contributed by atoms with Crippen LogP contribution < -0.4 is 4.74 Å². The first-order valence-electron chi connectivity index (χ1n) is 7.15. The van der Waals surface area contributed by atoms with Crippen molar-refractivity contribution < 1.29 is 14.9 Å². The third-order valence-electron chi connectivity index (χ3n) is 3.66. The smallest absolute Gasteiger partial charge is 0.119 e. The summed E-state index contributed by atoms with van der Waals surface area (Å²) in [6.45, 7) is 6.19. The zero-order valence-corrected chi connectivity index (χ0v) is 12.2. The van der Waals surface area contributed by atoms with E-state index < -0.39 is 5.60 Å². The molecule has 0 radical (unpaired) electrons. The molecule has 0 saturated heterocycles. The van der Waals surface area contributed by atoms with Gasteiger partial charge >= 0.3 is 0 Å². The molecular formula is C16H26O3. The Labute approximate surface area is 116 Å². The third-order valence-corrected chi connectivity index (χ3v) is 3.66. The molecule has 108 valence electrons. The minimum atomic E-state index is -0.751. The van der Waals surface area contributed by atoms with Crippen LogP contribution in [0.5, 0.6) is 5.75 Å². The van der Waals surface area contributed by atoms with Gasteiger partial charge in [-0.3, -0.25) is 0 Å². The van der Waals surface area contributed by atoms with Crippen LogP contribution in [0, 0.1) is 0 Å². The lowest BCUT2D eigenvalue weighted by Gasteiger charge is -2.25. The van der Waals surface area contributed by atoms with E-state index in [4.69, 9.17) is 4.74 Å². The van der Waals surface area contributed by atoms with E-state index in [1.54, 1.807) is 0 Å². The lowest BCUT2D eigenvalue weighted by atomic mass is 9.99. The number of aliphatic hydroxyl groups is 2. The summed E-state index contributed by atoms with van der Waals surface area (Å²) in [5, 5.41) is 19.8. The quantitative estimate of drug-likeness (QED) is 0.760. The van der Waals surface area contributed by atoms with Crippen molar-refractivity contribution in [1.29, 1.82) is 0 Å². The van der Waals surface area contributed by atoms with Gasteiger partial charge < -0.3 is 14.9 Å². The van der Waals surface area contributed by atoms with Gasteiger partial charge in [0.15, 0.2) is 0 Å². The lowest BCUT2D eigenvalue weighted by Crippen LogP contribution is -2.34.